The first-order valence-electron chi connectivity index (χ1n) is 4.80. The zero-order valence-corrected chi connectivity index (χ0v) is 9.37. The van der Waals surface area contributed by atoms with E-state index in [9.17, 15) is 0 Å². The Balaban J connectivity index is 1.96. The second-order valence-electron chi connectivity index (χ2n) is 3.37. The van der Waals surface area contributed by atoms with Crippen molar-refractivity contribution >= 4 is 11.3 Å². The van der Waals surface area contributed by atoms with Crippen LogP contribution in [0.1, 0.15) is 16.3 Å². The van der Waals surface area contributed by atoms with Crippen LogP contribution in [0.3, 0.4) is 0 Å². The molecule has 0 aliphatic heterocycles. The van der Waals surface area contributed by atoms with Crippen LogP contribution in [0.15, 0.2) is 18.0 Å². The third-order valence-electron chi connectivity index (χ3n) is 2.29. The molecule has 0 amide bonds. The zero-order chi connectivity index (χ0) is 10.7. The summed E-state index contributed by atoms with van der Waals surface area (Å²) in [5.74, 6) is 0. The van der Waals surface area contributed by atoms with E-state index in [2.05, 4.69) is 9.97 Å². The van der Waals surface area contributed by atoms with Gasteiger partial charge in [0, 0.05) is 24.0 Å². The molecule has 2 rings (SSSR count). The summed E-state index contributed by atoms with van der Waals surface area (Å²) in [5, 5.41) is 8.86. The number of hydrogen-bond acceptors (Lipinski definition) is 4. The van der Waals surface area contributed by atoms with E-state index in [0.29, 0.717) is 0 Å². The van der Waals surface area contributed by atoms with Crippen molar-refractivity contribution < 1.29 is 5.11 Å². The van der Waals surface area contributed by atoms with Gasteiger partial charge in [-0.2, -0.15) is 0 Å². The summed E-state index contributed by atoms with van der Waals surface area (Å²) in [7, 11) is 0. The fourth-order valence-electron chi connectivity index (χ4n) is 1.41. The van der Waals surface area contributed by atoms with Crippen LogP contribution in [0.25, 0.3) is 0 Å². The molecule has 0 bridgehead atoms. The standard InChI is InChI=1S/C10H13N3OS/c1-8-10(15-7-12-8)2-3-13-4-9(5-14)11-6-13/h4,6-7,14H,2-3,5H2,1H3. The molecule has 15 heavy (non-hydrogen) atoms. The summed E-state index contributed by atoms with van der Waals surface area (Å²) in [6, 6.07) is 0. The summed E-state index contributed by atoms with van der Waals surface area (Å²) in [5.41, 5.74) is 3.70. The SMILES string of the molecule is Cc1ncsc1CCn1cnc(CO)c1. The van der Waals surface area contributed by atoms with Crippen molar-refractivity contribution in [1.29, 1.82) is 0 Å². The fraction of sp³-hybridized carbons (Fsp3) is 0.400. The number of thiazole rings is 1. The monoisotopic (exact) mass is 223 g/mol. The van der Waals surface area contributed by atoms with Crippen LogP contribution in [0.5, 0.6) is 0 Å². The van der Waals surface area contributed by atoms with Gasteiger partial charge in [0.1, 0.15) is 0 Å². The summed E-state index contributed by atoms with van der Waals surface area (Å²) in [6.45, 7) is 2.92. The Bertz CT molecular complexity index is 435. The number of hydrogen-bond donors (Lipinski definition) is 1. The van der Waals surface area contributed by atoms with E-state index < -0.39 is 0 Å². The first-order chi connectivity index (χ1) is 7.29. The van der Waals surface area contributed by atoms with Crippen LogP contribution in [0.2, 0.25) is 0 Å². The molecule has 80 valence electrons. The molecule has 2 heterocycles. The highest BCUT2D eigenvalue weighted by Crippen LogP contribution is 2.13. The lowest BCUT2D eigenvalue weighted by Gasteiger charge is -2.00. The van der Waals surface area contributed by atoms with Crippen LogP contribution >= 0.6 is 11.3 Å². The molecule has 0 radical (unpaired) electrons. The number of aliphatic hydroxyl groups excluding tert-OH is 1. The molecule has 0 saturated carbocycles. The second-order valence-corrected chi connectivity index (χ2v) is 4.31. The average Bonchev–Trinajstić information content (AvgIpc) is 2.84. The molecule has 4 nitrogen and oxygen atoms in total. The van der Waals surface area contributed by atoms with Gasteiger partial charge in [-0.3, -0.25) is 0 Å². The predicted octanol–water partition coefficient (Wildman–Crippen LogP) is 1.38. The Morgan fingerprint density at radius 2 is 2.33 bits per heavy atom. The van der Waals surface area contributed by atoms with Crippen molar-refractivity contribution in [3.8, 4) is 0 Å². The van der Waals surface area contributed by atoms with Crippen molar-refractivity contribution in [2.75, 3.05) is 0 Å². The fourth-order valence-corrected chi connectivity index (χ4v) is 2.18. The molecule has 0 fully saturated rings. The molecule has 0 aliphatic carbocycles. The van der Waals surface area contributed by atoms with Crippen molar-refractivity contribution in [3.63, 3.8) is 0 Å². The van der Waals surface area contributed by atoms with E-state index in [-0.39, 0.29) is 6.61 Å². The van der Waals surface area contributed by atoms with E-state index in [0.717, 1.165) is 24.4 Å². The Morgan fingerprint density at radius 3 is 2.93 bits per heavy atom. The van der Waals surface area contributed by atoms with Crippen molar-refractivity contribution in [2.45, 2.75) is 26.5 Å². The van der Waals surface area contributed by atoms with Crippen molar-refractivity contribution in [1.82, 2.24) is 14.5 Å². The lowest BCUT2D eigenvalue weighted by atomic mass is 10.3. The van der Waals surface area contributed by atoms with Gasteiger partial charge in [0.05, 0.1) is 29.8 Å². The maximum absolute atomic E-state index is 8.86. The normalized spacial score (nSPS) is 10.8. The number of aryl methyl sites for hydroxylation is 3. The van der Waals surface area contributed by atoms with Gasteiger partial charge in [0.15, 0.2) is 0 Å². The molecule has 2 aromatic heterocycles. The van der Waals surface area contributed by atoms with Crippen molar-refractivity contribution in [3.05, 3.63) is 34.3 Å². The molecule has 0 spiro atoms. The largest absolute Gasteiger partial charge is 0.390 e. The molecule has 1 N–H and O–H groups in total. The topological polar surface area (TPSA) is 50.9 Å². The summed E-state index contributed by atoms with van der Waals surface area (Å²) >= 11 is 1.69. The van der Waals surface area contributed by atoms with Gasteiger partial charge in [-0.15, -0.1) is 11.3 Å². The van der Waals surface area contributed by atoms with Crippen LogP contribution in [0.4, 0.5) is 0 Å². The first kappa shape index (κ1) is 10.3. The quantitative estimate of drug-likeness (QED) is 0.852. The van der Waals surface area contributed by atoms with Crippen LogP contribution in [0, 0.1) is 6.92 Å². The van der Waals surface area contributed by atoms with Crippen LogP contribution < -0.4 is 0 Å². The molecule has 0 unspecified atom stereocenters. The van der Waals surface area contributed by atoms with E-state index in [1.54, 1.807) is 17.7 Å². The number of aromatic nitrogens is 3. The lowest BCUT2D eigenvalue weighted by molar-refractivity contribution is 0.277. The van der Waals surface area contributed by atoms with Gasteiger partial charge in [-0.25, -0.2) is 9.97 Å². The molecule has 0 aliphatic rings. The van der Waals surface area contributed by atoms with Gasteiger partial charge in [-0.05, 0) is 6.92 Å². The highest BCUT2D eigenvalue weighted by Gasteiger charge is 2.02. The molecular formula is C10H13N3OS. The Hall–Kier alpha value is -1.20. The second kappa shape index (κ2) is 4.55. The zero-order valence-electron chi connectivity index (χ0n) is 8.55. The minimum atomic E-state index is 0.00653. The minimum Gasteiger partial charge on any atom is -0.390 e. The first-order valence-corrected chi connectivity index (χ1v) is 5.68. The van der Waals surface area contributed by atoms with Crippen LogP contribution in [-0.4, -0.2) is 19.6 Å². The summed E-state index contributed by atoms with van der Waals surface area (Å²) < 4.78 is 1.99. The van der Waals surface area contributed by atoms with Gasteiger partial charge >= 0.3 is 0 Å². The third kappa shape index (κ3) is 2.43. The Morgan fingerprint density at radius 1 is 1.47 bits per heavy atom. The lowest BCUT2D eigenvalue weighted by Crippen LogP contribution is -1.98. The number of rotatable bonds is 4. The number of imidazole rings is 1. The van der Waals surface area contributed by atoms with Gasteiger partial charge in [0.2, 0.25) is 0 Å². The number of aliphatic hydroxyl groups is 1. The van der Waals surface area contributed by atoms with E-state index in [1.165, 1.54) is 4.88 Å². The van der Waals surface area contributed by atoms with Gasteiger partial charge in [0.25, 0.3) is 0 Å². The maximum Gasteiger partial charge on any atom is 0.0950 e. The van der Waals surface area contributed by atoms with E-state index >= 15 is 0 Å². The minimum absolute atomic E-state index is 0.00653. The third-order valence-corrected chi connectivity index (χ3v) is 3.29. The van der Waals surface area contributed by atoms with E-state index in [4.69, 9.17) is 5.11 Å². The average molecular weight is 223 g/mol. The Labute approximate surface area is 92.2 Å². The van der Waals surface area contributed by atoms with Crippen molar-refractivity contribution in [2.24, 2.45) is 0 Å². The molecule has 0 atom stereocenters. The predicted molar refractivity (Wildman–Crippen MR) is 58.7 cm³/mol. The molecule has 2 aromatic rings. The molecule has 0 saturated heterocycles. The highest BCUT2D eigenvalue weighted by molar-refractivity contribution is 7.09. The van der Waals surface area contributed by atoms with Gasteiger partial charge in [-0.1, -0.05) is 0 Å². The Kier molecular flexibility index (Phi) is 3.13. The van der Waals surface area contributed by atoms with Gasteiger partial charge < -0.3 is 9.67 Å². The highest BCUT2D eigenvalue weighted by atomic mass is 32.1. The van der Waals surface area contributed by atoms with Crippen LogP contribution in [-0.2, 0) is 19.6 Å². The maximum atomic E-state index is 8.86. The smallest absolute Gasteiger partial charge is 0.0950 e. The molecular weight excluding hydrogens is 210 g/mol. The number of nitrogens with zero attached hydrogens (tertiary/aromatic N) is 3. The summed E-state index contributed by atoms with van der Waals surface area (Å²) in [4.78, 5) is 9.58. The van der Waals surface area contributed by atoms with E-state index in [1.807, 2.05) is 23.2 Å². The summed E-state index contributed by atoms with van der Waals surface area (Å²) in [6.07, 6.45) is 4.59. The molecule has 0 aromatic carbocycles. The molecule has 5 heteroatoms.